The maximum absolute atomic E-state index is 8.52. The van der Waals surface area contributed by atoms with Crippen LogP contribution in [0, 0.1) is 12.3 Å². The van der Waals surface area contributed by atoms with Gasteiger partial charge in [-0.2, -0.15) is 5.10 Å². The molecule has 4 rings (SSSR count). The van der Waals surface area contributed by atoms with E-state index < -0.39 is 0 Å². The van der Waals surface area contributed by atoms with E-state index in [0.29, 0.717) is 23.5 Å². The normalized spacial score (nSPS) is 11.9. The molecule has 4 aromatic rings. The molecule has 0 atom stereocenters. The van der Waals surface area contributed by atoms with E-state index >= 15 is 0 Å². The average Bonchev–Trinajstić information content (AvgIpc) is 3.27. The molecule has 0 saturated heterocycles. The Hall–Kier alpha value is -4.06. The first kappa shape index (κ1) is 23.1. The van der Waals surface area contributed by atoms with Crippen LogP contribution in [0.1, 0.15) is 44.1 Å². The molecule has 0 bridgehead atoms. The Morgan fingerprint density at radius 3 is 2.18 bits per heavy atom. The summed E-state index contributed by atoms with van der Waals surface area (Å²) in [5.74, 6) is 0. The molecule has 0 aliphatic rings. The summed E-state index contributed by atoms with van der Waals surface area (Å²) in [4.78, 5) is 9.65. The molecule has 0 aliphatic heterocycles. The predicted octanol–water partition coefficient (Wildman–Crippen LogP) is 6.08. The molecule has 34 heavy (non-hydrogen) atoms. The van der Waals surface area contributed by atoms with Gasteiger partial charge in [0.25, 0.3) is 0 Å². The Morgan fingerprint density at radius 2 is 1.53 bits per heavy atom. The number of rotatable bonds is 7. The number of hydrogen-bond acceptors (Lipinski definition) is 5. The Kier molecular flexibility index (Phi) is 6.68. The second kappa shape index (κ2) is 9.83. The molecule has 0 amide bonds. The largest absolute Gasteiger partial charge is 0.402 e. The summed E-state index contributed by atoms with van der Waals surface area (Å²) >= 11 is 0. The fourth-order valence-corrected chi connectivity index (χ4v) is 3.95. The van der Waals surface area contributed by atoms with E-state index in [1.807, 2.05) is 68.4 Å². The lowest BCUT2D eigenvalue weighted by Gasteiger charge is -2.10. The van der Waals surface area contributed by atoms with Crippen molar-refractivity contribution in [2.45, 2.75) is 40.5 Å². The topological polar surface area (TPSA) is 104 Å². The zero-order valence-corrected chi connectivity index (χ0v) is 20.1. The molecule has 6 nitrogen and oxygen atoms in total. The van der Waals surface area contributed by atoms with Crippen LogP contribution in [0.4, 0.5) is 0 Å². The zero-order valence-electron chi connectivity index (χ0n) is 20.1. The molecule has 0 radical (unpaired) electrons. The van der Waals surface area contributed by atoms with Crippen molar-refractivity contribution in [2.24, 2.45) is 5.73 Å². The molecular weight excluding hydrogens is 420 g/mol. The van der Waals surface area contributed by atoms with Crippen molar-refractivity contribution in [2.75, 3.05) is 0 Å². The fourth-order valence-electron chi connectivity index (χ4n) is 3.95. The number of nitrogens with zero attached hydrogens (tertiary/aromatic N) is 3. The fraction of sp³-hybridized carbons (Fsp3) is 0.214. The van der Waals surface area contributed by atoms with Gasteiger partial charge in [-0.3, -0.25) is 10.5 Å². The van der Waals surface area contributed by atoms with Crippen LogP contribution >= 0.6 is 0 Å². The molecular formula is C28H30N6. The highest BCUT2D eigenvalue weighted by molar-refractivity contribution is 6.09. The zero-order chi connectivity index (χ0) is 24.2. The van der Waals surface area contributed by atoms with Crippen LogP contribution in [0.15, 0.2) is 71.9 Å². The molecule has 0 fully saturated rings. The van der Waals surface area contributed by atoms with Crippen molar-refractivity contribution in [1.82, 2.24) is 20.2 Å². The third-order valence-corrected chi connectivity index (χ3v) is 6.15. The van der Waals surface area contributed by atoms with Crippen LogP contribution in [0.5, 0.6) is 0 Å². The smallest absolute Gasteiger partial charge is 0.114 e. The molecule has 172 valence electrons. The number of benzene rings is 1. The third-order valence-electron chi connectivity index (χ3n) is 6.15. The molecule has 6 heteroatoms. The second-order valence-electron chi connectivity index (χ2n) is 8.31. The molecule has 0 spiro atoms. The third kappa shape index (κ3) is 4.53. The van der Waals surface area contributed by atoms with E-state index in [1.165, 1.54) is 0 Å². The lowest BCUT2D eigenvalue weighted by molar-refractivity contribution is 0.969. The number of aryl methyl sites for hydroxylation is 1. The van der Waals surface area contributed by atoms with E-state index in [1.54, 1.807) is 0 Å². The van der Waals surface area contributed by atoms with E-state index in [2.05, 4.69) is 30.1 Å². The maximum atomic E-state index is 8.52. The van der Waals surface area contributed by atoms with Gasteiger partial charge in [-0.1, -0.05) is 44.2 Å². The number of H-pyrrole nitrogens is 1. The van der Waals surface area contributed by atoms with Crippen molar-refractivity contribution in [1.29, 1.82) is 5.41 Å². The SMILES string of the molecule is CCC(N)=C(C)C(=N)c1cccc(-c2cccc(-c3cccc(-c4n[nH]c(CC)c4C)n3)c2)n1. The number of hydrogen-bond donors (Lipinski definition) is 3. The number of aromatic nitrogens is 4. The molecule has 3 heterocycles. The molecule has 0 saturated carbocycles. The van der Waals surface area contributed by atoms with Crippen LogP contribution in [-0.2, 0) is 6.42 Å². The predicted molar refractivity (Wildman–Crippen MR) is 139 cm³/mol. The number of pyridine rings is 2. The van der Waals surface area contributed by atoms with Crippen molar-refractivity contribution < 1.29 is 0 Å². The van der Waals surface area contributed by atoms with Gasteiger partial charge in [-0.25, -0.2) is 9.97 Å². The quantitative estimate of drug-likeness (QED) is 0.297. The van der Waals surface area contributed by atoms with Crippen LogP contribution in [-0.4, -0.2) is 25.9 Å². The number of nitrogens with two attached hydrogens (primary N) is 1. The lowest BCUT2D eigenvalue weighted by Crippen LogP contribution is -2.10. The van der Waals surface area contributed by atoms with E-state index in [4.69, 9.17) is 21.1 Å². The lowest BCUT2D eigenvalue weighted by atomic mass is 10.0. The first-order valence-electron chi connectivity index (χ1n) is 11.6. The summed E-state index contributed by atoms with van der Waals surface area (Å²) in [6.45, 7) is 8.05. The summed E-state index contributed by atoms with van der Waals surface area (Å²) < 4.78 is 0. The van der Waals surface area contributed by atoms with Gasteiger partial charge in [0.1, 0.15) is 5.69 Å². The van der Waals surface area contributed by atoms with Crippen molar-refractivity contribution in [3.8, 4) is 33.9 Å². The Labute approximate surface area is 200 Å². The van der Waals surface area contributed by atoms with Crippen LogP contribution in [0.25, 0.3) is 33.9 Å². The van der Waals surface area contributed by atoms with Crippen molar-refractivity contribution in [3.63, 3.8) is 0 Å². The Bertz CT molecular complexity index is 1380. The van der Waals surface area contributed by atoms with E-state index in [9.17, 15) is 0 Å². The minimum atomic E-state index is 0.354. The van der Waals surface area contributed by atoms with Gasteiger partial charge in [-0.15, -0.1) is 0 Å². The highest BCUT2D eigenvalue weighted by Gasteiger charge is 2.13. The number of allylic oxidation sites excluding steroid dienone is 2. The Morgan fingerprint density at radius 1 is 0.912 bits per heavy atom. The first-order valence-corrected chi connectivity index (χ1v) is 11.6. The highest BCUT2D eigenvalue weighted by atomic mass is 15.1. The van der Waals surface area contributed by atoms with Gasteiger partial charge in [0.05, 0.1) is 28.5 Å². The van der Waals surface area contributed by atoms with Crippen LogP contribution in [0.3, 0.4) is 0 Å². The first-order chi connectivity index (χ1) is 16.4. The van der Waals surface area contributed by atoms with Gasteiger partial charge in [0.15, 0.2) is 0 Å². The molecule has 1 aromatic carbocycles. The summed E-state index contributed by atoms with van der Waals surface area (Å²) in [6, 6.07) is 19.9. The van der Waals surface area contributed by atoms with Crippen LogP contribution < -0.4 is 5.73 Å². The van der Waals surface area contributed by atoms with Gasteiger partial charge in [0, 0.05) is 22.5 Å². The second-order valence-corrected chi connectivity index (χ2v) is 8.31. The van der Waals surface area contributed by atoms with Gasteiger partial charge in [-0.05, 0) is 68.2 Å². The Balaban J connectivity index is 1.69. The van der Waals surface area contributed by atoms with Gasteiger partial charge < -0.3 is 5.73 Å². The summed E-state index contributed by atoms with van der Waals surface area (Å²) in [5.41, 5.74) is 16.1. The number of aromatic amines is 1. The average molecular weight is 451 g/mol. The number of nitrogens with one attached hydrogen (secondary N) is 2. The molecule has 0 unspecified atom stereocenters. The van der Waals surface area contributed by atoms with Crippen LogP contribution in [0.2, 0.25) is 0 Å². The highest BCUT2D eigenvalue weighted by Crippen LogP contribution is 2.28. The maximum Gasteiger partial charge on any atom is 0.114 e. The minimum absolute atomic E-state index is 0.354. The molecule has 4 N–H and O–H groups in total. The van der Waals surface area contributed by atoms with E-state index in [0.717, 1.165) is 57.2 Å². The van der Waals surface area contributed by atoms with Crippen molar-refractivity contribution in [3.05, 3.63) is 88.9 Å². The van der Waals surface area contributed by atoms with Gasteiger partial charge in [0.2, 0.25) is 0 Å². The molecule has 3 aromatic heterocycles. The van der Waals surface area contributed by atoms with E-state index in [-0.39, 0.29) is 0 Å². The standard InChI is InChI=1S/C28H30N6/c1-5-21(29)17(3)27(30)25-14-8-12-23(31-25)19-10-7-11-20(16-19)24-13-9-15-26(32-24)28-18(4)22(6-2)33-34-28/h7-16,30H,5-6,29H2,1-4H3,(H,33,34). The summed E-state index contributed by atoms with van der Waals surface area (Å²) in [5, 5.41) is 16.1. The summed E-state index contributed by atoms with van der Waals surface area (Å²) in [7, 11) is 0. The summed E-state index contributed by atoms with van der Waals surface area (Å²) in [6.07, 6.45) is 1.62. The van der Waals surface area contributed by atoms with Gasteiger partial charge >= 0.3 is 0 Å². The minimum Gasteiger partial charge on any atom is -0.402 e. The molecule has 0 aliphatic carbocycles. The van der Waals surface area contributed by atoms with Crippen molar-refractivity contribution >= 4 is 5.71 Å². The monoisotopic (exact) mass is 450 g/mol.